The van der Waals surface area contributed by atoms with E-state index in [9.17, 15) is 4.79 Å². The number of fused-ring (bicyclic) bond motifs is 1. The molecule has 1 atom stereocenters. The van der Waals surface area contributed by atoms with Crippen LogP contribution in [0.4, 0.5) is 0 Å². The maximum Gasteiger partial charge on any atom is 0.181 e. The third kappa shape index (κ3) is 2.31. The van der Waals surface area contributed by atoms with Crippen LogP contribution in [0.15, 0.2) is 24.3 Å². The summed E-state index contributed by atoms with van der Waals surface area (Å²) in [6, 6.07) is 8.38. The number of ketones is 1. The second-order valence-electron chi connectivity index (χ2n) is 6.37. The van der Waals surface area contributed by atoms with Crippen molar-refractivity contribution < 1.29 is 4.79 Å². The van der Waals surface area contributed by atoms with E-state index in [1.165, 1.54) is 5.56 Å². The number of benzene rings is 1. The van der Waals surface area contributed by atoms with E-state index >= 15 is 0 Å². The highest BCUT2D eigenvalue weighted by atomic mass is 16.1. The number of Topliss-reactive ketones (excluding diaryl/α,β-unsaturated/α-hetero) is 1. The van der Waals surface area contributed by atoms with Crippen LogP contribution in [0, 0.1) is 6.92 Å². The summed E-state index contributed by atoms with van der Waals surface area (Å²) in [7, 11) is 0. The van der Waals surface area contributed by atoms with Crippen molar-refractivity contribution in [2.45, 2.75) is 52.4 Å². The first kappa shape index (κ1) is 14.1. The summed E-state index contributed by atoms with van der Waals surface area (Å²) in [5.74, 6) is 1.15. The van der Waals surface area contributed by atoms with Crippen LogP contribution in [0.1, 0.15) is 72.8 Å². The lowest BCUT2D eigenvalue weighted by Crippen LogP contribution is -2.17. The lowest BCUT2D eigenvalue weighted by atomic mass is 9.86. The Morgan fingerprint density at radius 1 is 1.24 bits per heavy atom. The Morgan fingerprint density at radius 2 is 1.90 bits per heavy atom. The average Bonchev–Trinajstić information content (AvgIpc) is 2.82. The number of aryl methyl sites for hydroxylation is 1. The van der Waals surface area contributed by atoms with Gasteiger partial charge < -0.3 is 0 Å². The molecule has 0 radical (unpaired) electrons. The number of carbonyl (C=O) groups is 1. The smallest absolute Gasteiger partial charge is 0.181 e. The molecule has 0 saturated carbocycles. The van der Waals surface area contributed by atoms with Gasteiger partial charge >= 0.3 is 0 Å². The summed E-state index contributed by atoms with van der Waals surface area (Å²) in [5.41, 5.74) is 5.20. The van der Waals surface area contributed by atoms with E-state index < -0.39 is 0 Å². The minimum absolute atomic E-state index is 0.219. The molecule has 0 spiro atoms. The van der Waals surface area contributed by atoms with E-state index in [1.807, 2.05) is 11.6 Å². The maximum atomic E-state index is 12.4. The topological polar surface area (TPSA) is 34.9 Å². The van der Waals surface area contributed by atoms with Gasteiger partial charge in [-0.05, 0) is 42.9 Å². The number of hydrogen-bond acceptors (Lipinski definition) is 2. The van der Waals surface area contributed by atoms with Crippen molar-refractivity contribution in [3.8, 4) is 5.69 Å². The second kappa shape index (κ2) is 5.14. The van der Waals surface area contributed by atoms with Crippen molar-refractivity contribution in [1.82, 2.24) is 9.78 Å². The van der Waals surface area contributed by atoms with Gasteiger partial charge in [0.25, 0.3) is 0 Å². The Balaban J connectivity index is 2.11. The Bertz CT molecular complexity index is 680. The first-order chi connectivity index (χ1) is 9.99. The Kier molecular flexibility index (Phi) is 3.44. The van der Waals surface area contributed by atoms with Gasteiger partial charge in [-0.2, -0.15) is 5.10 Å². The van der Waals surface area contributed by atoms with Gasteiger partial charge in [0.2, 0.25) is 0 Å². The van der Waals surface area contributed by atoms with Crippen molar-refractivity contribution in [2.75, 3.05) is 0 Å². The van der Waals surface area contributed by atoms with Gasteiger partial charge in [-0.15, -0.1) is 0 Å². The Hall–Kier alpha value is -1.90. The fourth-order valence-corrected chi connectivity index (χ4v) is 3.20. The minimum Gasteiger partial charge on any atom is -0.292 e. The van der Waals surface area contributed by atoms with E-state index in [0.717, 1.165) is 29.1 Å². The molecule has 0 fully saturated rings. The van der Waals surface area contributed by atoms with E-state index in [1.54, 1.807) is 0 Å². The molecule has 110 valence electrons. The Morgan fingerprint density at radius 3 is 2.52 bits per heavy atom. The molecular formula is C18H22N2O. The molecule has 0 N–H and O–H groups in total. The first-order valence-electron chi connectivity index (χ1n) is 7.72. The molecule has 1 aliphatic carbocycles. The summed E-state index contributed by atoms with van der Waals surface area (Å²) in [4.78, 5) is 12.4. The van der Waals surface area contributed by atoms with Crippen LogP contribution >= 0.6 is 0 Å². The predicted molar refractivity (Wildman–Crippen MR) is 84.4 cm³/mol. The fraction of sp³-hybridized carbons (Fsp3) is 0.444. The third-order valence-electron chi connectivity index (χ3n) is 4.47. The highest BCUT2D eigenvalue weighted by Gasteiger charge is 2.30. The highest BCUT2D eigenvalue weighted by Crippen LogP contribution is 2.34. The van der Waals surface area contributed by atoms with Crippen LogP contribution in [-0.4, -0.2) is 15.6 Å². The molecule has 0 bridgehead atoms. The van der Waals surface area contributed by atoms with Gasteiger partial charge in [-0.3, -0.25) is 4.79 Å². The normalized spacial score (nSPS) is 18.1. The van der Waals surface area contributed by atoms with E-state index in [0.29, 0.717) is 18.3 Å². The molecular weight excluding hydrogens is 260 g/mol. The predicted octanol–water partition coefficient (Wildman–Crippen LogP) is 4.38. The summed E-state index contributed by atoms with van der Waals surface area (Å²) in [5, 5.41) is 4.63. The highest BCUT2D eigenvalue weighted by molar-refractivity contribution is 5.98. The van der Waals surface area contributed by atoms with Crippen molar-refractivity contribution in [2.24, 2.45) is 0 Å². The lowest BCUT2D eigenvalue weighted by Gasteiger charge is -2.19. The lowest BCUT2D eigenvalue weighted by molar-refractivity contribution is 0.0960. The molecule has 0 saturated heterocycles. The molecule has 1 aromatic carbocycles. The fourth-order valence-electron chi connectivity index (χ4n) is 3.20. The minimum atomic E-state index is 0.219. The standard InChI is InChI=1S/C18H22N2O/c1-11(2)14-6-8-15(9-7-14)20-18-16(21)10-5-12(3)17(18)13(4)19-20/h6-9,11-12H,5,10H2,1-4H3. The van der Waals surface area contributed by atoms with E-state index in [-0.39, 0.29) is 5.78 Å². The number of nitrogens with zero attached hydrogens (tertiary/aromatic N) is 2. The van der Waals surface area contributed by atoms with Gasteiger partial charge in [-0.1, -0.05) is 32.9 Å². The van der Waals surface area contributed by atoms with Crippen LogP contribution in [0.5, 0.6) is 0 Å². The van der Waals surface area contributed by atoms with Crippen molar-refractivity contribution in [1.29, 1.82) is 0 Å². The summed E-state index contributed by atoms with van der Waals surface area (Å²) in [6.07, 6.45) is 1.56. The van der Waals surface area contributed by atoms with Gasteiger partial charge in [0.05, 0.1) is 11.4 Å². The third-order valence-corrected chi connectivity index (χ3v) is 4.47. The zero-order valence-electron chi connectivity index (χ0n) is 13.2. The molecule has 1 aliphatic rings. The quantitative estimate of drug-likeness (QED) is 0.819. The second-order valence-corrected chi connectivity index (χ2v) is 6.37. The SMILES string of the molecule is Cc1nn(-c2ccc(C(C)C)cc2)c2c1C(C)CCC2=O. The largest absolute Gasteiger partial charge is 0.292 e. The van der Waals surface area contributed by atoms with Gasteiger partial charge in [0, 0.05) is 12.0 Å². The van der Waals surface area contributed by atoms with E-state index in [2.05, 4.69) is 50.1 Å². The molecule has 3 rings (SSSR count). The van der Waals surface area contributed by atoms with Crippen molar-refractivity contribution in [3.05, 3.63) is 46.8 Å². The summed E-state index contributed by atoms with van der Waals surface area (Å²) in [6.45, 7) is 8.55. The molecule has 3 nitrogen and oxygen atoms in total. The summed E-state index contributed by atoms with van der Waals surface area (Å²) < 4.78 is 1.84. The average molecular weight is 282 g/mol. The van der Waals surface area contributed by atoms with Gasteiger partial charge in [0.15, 0.2) is 5.78 Å². The monoisotopic (exact) mass is 282 g/mol. The zero-order chi connectivity index (χ0) is 15.1. The molecule has 1 aromatic heterocycles. The van der Waals surface area contributed by atoms with Gasteiger partial charge in [0.1, 0.15) is 5.69 Å². The van der Waals surface area contributed by atoms with Crippen molar-refractivity contribution >= 4 is 5.78 Å². The number of aromatic nitrogens is 2. The molecule has 3 heteroatoms. The van der Waals surface area contributed by atoms with E-state index in [4.69, 9.17) is 0 Å². The number of carbonyl (C=O) groups excluding carboxylic acids is 1. The zero-order valence-corrected chi connectivity index (χ0v) is 13.2. The Labute approximate surface area is 126 Å². The molecule has 2 aromatic rings. The number of hydrogen-bond donors (Lipinski definition) is 0. The molecule has 1 heterocycles. The van der Waals surface area contributed by atoms with Crippen LogP contribution in [-0.2, 0) is 0 Å². The molecule has 0 amide bonds. The van der Waals surface area contributed by atoms with Crippen LogP contribution in [0.3, 0.4) is 0 Å². The number of rotatable bonds is 2. The first-order valence-corrected chi connectivity index (χ1v) is 7.72. The molecule has 1 unspecified atom stereocenters. The van der Waals surface area contributed by atoms with Gasteiger partial charge in [-0.25, -0.2) is 4.68 Å². The van der Waals surface area contributed by atoms with Crippen molar-refractivity contribution in [3.63, 3.8) is 0 Å². The maximum absolute atomic E-state index is 12.4. The molecule has 0 aliphatic heterocycles. The van der Waals surface area contributed by atoms with Crippen LogP contribution in [0.2, 0.25) is 0 Å². The molecule has 21 heavy (non-hydrogen) atoms. The summed E-state index contributed by atoms with van der Waals surface area (Å²) >= 11 is 0. The van der Waals surface area contributed by atoms with Crippen LogP contribution < -0.4 is 0 Å². The van der Waals surface area contributed by atoms with Crippen LogP contribution in [0.25, 0.3) is 5.69 Å².